The lowest BCUT2D eigenvalue weighted by Gasteiger charge is -2.08. The molecular formula is C17H13ClN2O4. The van der Waals surface area contributed by atoms with E-state index in [9.17, 15) is 14.7 Å². The number of rotatable bonds is 3. The molecule has 0 unspecified atom stereocenters. The third-order valence-corrected chi connectivity index (χ3v) is 3.81. The van der Waals surface area contributed by atoms with E-state index in [2.05, 4.69) is 10.3 Å². The molecule has 1 aromatic carbocycles. The average Bonchev–Trinajstić information content (AvgIpc) is 2.57. The Hall–Kier alpha value is -2.70. The van der Waals surface area contributed by atoms with Crippen LogP contribution in [-0.2, 0) is 6.61 Å². The largest absolute Gasteiger partial charge is 0.420 e. The van der Waals surface area contributed by atoms with Gasteiger partial charge in [-0.1, -0.05) is 11.6 Å². The van der Waals surface area contributed by atoms with Crippen LogP contribution in [0.3, 0.4) is 0 Å². The van der Waals surface area contributed by atoms with E-state index < -0.39 is 11.5 Å². The quantitative estimate of drug-likeness (QED) is 0.762. The maximum absolute atomic E-state index is 12.4. The highest BCUT2D eigenvalue weighted by molar-refractivity contribution is 6.30. The van der Waals surface area contributed by atoms with Gasteiger partial charge in [0.15, 0.2) is 5.58 Å². The summed E-state index contributed by atoms with van der Waals surface area (Å²) in [4.78, 5) is 28.6. The van der Waals surface area contributed by atoms with Crippen molar-refractivity contribution < 1.29 is 14.3 Å². The summed E-state index contributed by atoms with van der Waals surface area (Å²) < 4.78 is 5.23. The van der Waals surface area contributed by atoms with Crippen LogP contribution in [0.25, 0.3) is 11.0 Å². The maximum atomic E-state index is 12.4. The highest BCUT2D eigenvalue weighted by Crippen LogP contribution is 2.21. The van der Waals surface area contributed by atoms with Gasteiger partial charge in [0.2, 0.25) is 0 Å². The normalized spacial score (nSPS) is 10.8. The van der Waals surface area contributed by atoms with Crippen LogP contribution in [-0.4, -0.2) is 16.0 Å². The van der Waals surface area contributed by atoms with Crippen molar-refractivity contribution in [3.8, 4) is 0 Å². The molecule has 0 saturated heterocycles. The van der Waals surface area contributed by atoms with Crippen LogP contribution in [0.2, 0.25) is 5.02 Å². The van der Waals surface area contributed by atoms with Crippen molar-refractivity contribution in [2.75, 3.05) is 5.32 Å². The monoisotopic (exact) mass is 344 g/mol. The Balaban J connectivity index is 2.05. The van der Waals surface area contributed by atoms with E-state index in [0.29, 0.717) is 27.4 Å². The third kappa shape index (κ3) is 3.02. The number of pyridine rings is 1. The molecule has 1 amide bonds. The van der Waals surface area contributed by atoms with Crippen LogP contribution in [0, 0.1) is 6.92 Å². The van der Waals surface area contributed by atoms with E-state index in [0.717, 1.165) is 0 Å². The Morgan fingerprint density at radius 3 is 2.71 bits per heavy atom. The first-order valence-electron chi connectivity index (χ1n) is 7.09. The lowest BCUT2D eigenvalue weighted by atomic mass is 10.1. The molecule has 0 aliphatic carbocycles. The first-order valence-corrected chi connectivity index (χ1v) is 7.47. The highest BCUT2D eigenvalue weighted by Gasteiger charge is 2.17. The fourth-order valence-electron chi connectivity index (χ4n) is 2.30. The number of hydrogen-bond donors (Lipinski definition) is 2. The van der Waals surface area contributed by atoms with Crippen molar-refractivity contribution in [3.05, 3.63) is 68.8 Å². The minimum absolute atomic E-state index is 0.155. The summed E-state index contributed by atoms with van der Waals surface area (Å²) in [6.45, 7) is 1.40. The molecule has 0 aliphatic heterocycles. The van der Waals surface area contributed by atoms with E-state index in [1.54, 1.807) is 31.2 Å². The van der Waals surface area contributed by atoms with Gasteiger partial charge in [0.1, 0.15) is 5.56 Å². The summed E-state index contributed by atoms with van der Waals surface area (Å²) >= 11 is 5.80. The molecule has 3 rings (SSSR count). The van der Waals surface area contributed by atoms with E-state index in [4.69, 9.17) is 16.0 Å². The summed E-state index contributed by atoms with van der Waals surface area (Å²) in [5.41, 5.74) is 0.808. The van der Waals surface area contributed by atoms with Gasteiger partial charge in [-0.25, -0.2) is 4.79 Å². The van der Waals surface area contributed by atoms with Crippen LogP contribution in [0.15, 0.2) is 45.7 Å². The fraction of sp³-hybridized carbons (Fsp3) is 0.118. The smallest absolute Gasteiger partial charge is 0.349 e. The highest BCUT2D eigenvalue weighted by atomic mass is 35.5. The van der Waals surface area contributed by atoms with Crippen LogP contribution in [0.5, 0.6) is 0 Å². The Morgan fingerprint density at radius 2 is 2.04 bits per heavy atom. The second kappa shape index (κ2) is 6.43. The predicted octanol–water partition coefficient (Wildman–Crippen LogP) is 2.89. The first kappa shape index (κ1) is 16.2. The summed E-state index contributed by atoms with van der Waals surface area (Å²) in [6.07, 6.45) is 1.48. The molecule has 6 nitrogen and oxygen atoms in total. The molecule has 0 bridgehead atoms. The number of fused-ring (bicyclic) bond motifs is 1. The minimum atomic E-state index is -0.769. The number of aryl methyl sites for hydroxylation is 1. The Bertz CT molecular complexity index is 980. The van der Waals surface area contributed by atoms with Gasteiger partial charge in [0.05, 0.1) is 12.3 Å². The Labute approximate surface area is 141 Å². The number of amides is 1. The zero-order chi connectivity index (χ0) is 17.3. The SMILES string of the molecule is Cc1ncc(CO)c2cc(C(=O)Nc3ccc(Cl)cc3)c(=O)oc12. The minimum Gasteiger partial charge on any atom is -0.420 e. The van der Waals surface area contributed by atoms with Crippen molar-refractivity contribution in [1.82, 2.24) is 4.98 Å². The zero-order valence-electron chi connectivity index (χ0n) is 12.7. The lowest BCUT2D eigenvalue weighted by molar-refractivity contribution is 0.102. The number of nitrogens with zero attached hydrogens (tertiary/aromatic N) is 1. The standard InChI is InChI=1S/C17H13ClN2O4/c1-9-15-13(10(8-21)7-19-9)6-14(17(23)24-15)16(22)20-12-4-2-11(18)3-5-12/h2-7,21H,8H2,1H3,(H,20,22). The molecule has 3 aromatic rings. The van der Waals surface area contributed by atoms with Crippen LogP contribution in [0.1, 0.15) is 21.6 Å². The number of benzene rings is 1. The molecule has 2 N–H and O–H groups in total. The van der Waals surface area contributed by atoms with Gasteiger partial charge in [-0.3, -0.25) is 9.78 Å². The first-order chi connectivity index (χ1) is 11.5. The summed E-state index contributed by atoms with van der Waals surface area (Å²) in [6, 6.07) is 7.90. The predicted molar refractivity (Wildman–Crippen MR) is 90.3 cm³/mol. The van der Waals surface area contributed by atoms with Gasteiger partial charge in [-0.2, -0.15) is 0 Å². The van der Waals surface area contributed by atoms with E-state index >= 15 is 0 Å². The van der Waals surface area contributed by atoms with E-state index in [-0.39, 0.29) is 17.8 Å². The number of anilines is 1. The van der Waals surface area contributed by atoms with Crippen molar-refractivity contribution in [1.29, 1.82) is 0 Å². The van der Waals surface area contributed by atoms with Gasteiger partial charge in [-0.15, -0.1) is 0 Å². The molecule has 0 radical (unpaired) electrons. The molecule has 0 spiro atoms. The van der Waals surface area contributed by atoms with Crippen molar-refractivity contribution in [3.63, 3.8) is 0 Å². The second-order valence-corrected chi connectivity index (χ2v) is 5.61. The van der Waals surface area contributed by atoms with Crippen LogP contribution >= 0.6 is 11.6 Å². The summed E-state index contributed by atoms with van der Waals surface area (Å²) in [7, 11) is 0. The molecule has 0 aliphatic rings. The number of hydrogen-bond acceptors (Lipinski definition) is 5. The van der Waals surface area contributed by atoms with Crippen LogP contribution in [0.4, 0.5) is 5.69 Å². The van der Waals surface area contributed by atoms with Crippen LogP contribution < -0.4 is 10.9 Å². The van der Waals surface area contributed by atoms with E-state index in [1.165, 1.54) is 12.3 Å². The van der Waals surface area contributed by atoms with Crippen molar-refractivity contribution in [2.45, 2.75) is 13.5 Å². The number of carbonyl (C=O) groups is 1. The molecule has 122 valence electrons. The molecule has 0 saturated carbocycles. The zero-order valence-corrected chi connectivity index (χ0v) is 13.4. The second-order valence-electron chi connectivity index (χ2n) is 5.18. The van der Waals surface area contributed by atoms with Gasteiger partial charge in [0.25, 0.3) is 5.91 Å². The average molecular weight is 345 g/mol. The van der Waals surface area contributed by atoms with Gasteiger partial charge < -0.3 is 14.8 Å². The van der Waals surface area contributed by atoms with Gasteiger partial charge in [0, 0.05) is 27.9 Å². The Morgan fingerprint density at radius 1 is 1.33 bits per heavy atom. The van der Waals surface area contributed by atoms with E-state index in [1.807, 2.05) is 0 Å². The molecule has 24 heavy (non-hydrogen) atoms. The number of carbonyl (C=O) groups excluding carboxylic acids is 1. The van der Waals surface area contributed by atoms with Gasteiger partial charge >= 0.3 is 5.63 Å². The number of aliphatic hydroxyl groups is 1. The summed E-state index contributed by atoms with van der Waals surface area (Å²) in [5.74, 6) is -0.605. The lowest BCUT2D eigenvalue weighted by Crippen LogP contribution is -2.21. The molecule has 0 atom stereocenters. The molecule has 0 fully saturated rings. The van der Waals surface area contributed by atoms with Gasteiger partial charge in [-0.05, 0) is 37.3 Å². The maximum Gasteiger partial charge on any atom is 0.349 e. The molecule has 7 heteroatoms. The number of nitrogens with one attached hydrogen (secondary N) is 1. The van der Waals surface area contributed by atoms with Crippen molar-refractivity contribution in [2.24, 2.45) is 0 Å². The topological polar surface area (TPSA) is 92.4 Å². The molecule has 2 aromatic heterocycles. The molecular weight excluding hydrogens is 332 g/mol. The third-order valence-electron chi connectivity index (χ3n) is 3.55. The van der Waals surface area contributed by atoms with Crippen molar-refractivity contribution >= 4 is 34.2 Å². The number of halogens is 1. The Kier molecular flexibility index (Phi) is 4.33. The molecule has 2 heterocycles. The fourth-order valence-corrected chi connectivity index (χ4v) is 2.42. The number of aliphatic hydroxyl groups excluding tert-OH is 1. The summed E-state index contributed by atoms with van der Waals surface area (Å²) in [5, 5.41) is 13.0. The number of aromatic nitrogens is 1.